The van der Waals surface area contributed by atoms with Crippen LogP contribution in [0.1, 0.15) is 19.4 Å². The predicted molar refractivity (Wildman–Crippen MR) is 54.4 cm³/mol. The van der Waals surface area contributed by atoms with Crippen LogP contribution < -0.4 is 5.32 Å². The van der Waals surface area contributed by atoms with E-state index in [1.165, 1.54) is 6.42 Å². The Balaban J connectivity index is 2.81. The van der Waals surface area contributed by atoms with Gasteiger partial charge in [-0.1, -0.05) is 32.0 Å². The van der Waals surface area contributed by atoms with E-state index in [4.69, 9.17) is 0 Å². The SMILES string of the molecule is C[CH]C(=O)Nc1ccccc1CC. The van der Waals surface area contributed by atoms with Crippen LogP contribution in [0.3, 0.4) is 0 Å². The van der Waals surface area contributed by atoms with Crippen molar-refractivity contribution in [2.24, 2.45) is 0 Å². The fourth-order valence-electron chi connectivity index (χ4n) is 1.16. The van der Waals surface area contributed by atoms with Gasteiger partial charge in [0.15, 0.2) is 0 Å². The zero-order valence-electron chi connectivity index (χ0n) is 8.00. The lowest BCUT2D eigenvalue weighted by Crippen LogP contribution is -2.11. The van der Waals surface area contributed by atoms with Crippen LogP contribution in [0.15, 0.2) is 24.3 Å². The van der Waals surface area contributed by atoms with Crippen LogP contribution in [0.2, 0.25) is 0 Å². The van der Waals surface area contributed by atoms with Crippen LogP contribution in [-0.2, 0) is 11.2 Å². The topological polar surface area (TPSA) is 29.1 Å². The molecule has 1 N–H and O–H groups in total. The molecule has 0 atom stereocenters. The fourth-order valence-corrected chi connectivity index (χ4v) is 1.16. The van der Waals surface area contributed by atoms with Crippen LogP contribution >= 0.6 is 0 Å². The highest BCUT2D eigenvalue weighted by Crippen LogP contribution is 2.15. The van der Waals surface area contributed by atoms with Crippen LogP contribution in [0.4, 0.5) is 5.69 Å². The molecule has 0 aliphatic heterocycles. The van der Waals surface area contributed by atoms with Gasteiger partial charge in [0.25, 0.3) is 0 Å². The quantitative estimate of drug-likeness (QED) is 0.752. The molecule has 69 valence electrons. The predicted octanol–water partition coefficient (Wildman–Crippen LogP) is 2.41. The maximum absolute atomic E-state index is 11.1. The number of carbonyl (C=O) groups is 1. The van der Waals surface area contributed by atoms with Gasteiger partial charge in [-0.15, -0.1) is 0 Å². The summed E-state index contributed by atoms with van der Waals surface area (Å²) in [6, 6.07) is 7.83. The molecule has 0 aromatic heterocycles. The molecule has 0 aliphatic rings. The van der Waals surface area contributed by atoms with E-state index in [1.54, 1.807) is 6.92 Å². The second-order valence-electron chi connectivity index (χ2n) is 2.79. The largest absolute Gasteiger partial charge is 0.326 e. The van der Waals surface area contributed by atoms with Crippen LogP contribution in [0.5, 0.6) is 0 Å². The Morgan fingerprint density at radius 3 is 2.77 bits per heavy atom. The molecular formula is C11H14NO. The van der Waals surface area contributed by atoms with E-state index in [0.717, 1.165) is 17.7 Å². The normalized spacial score (nSPS) is 9.69. The van der Waals surface area contributed by atoms with Gasteiger partial charge in [0.05, 0.1) is 0 Å². The zero-order chi connectivity index (χ0) is 9.68. The van der Waals surface area contributed by atoms with E-state index in [-0.39, 0.29) is 5.91 Å². The molecule has 0 spiro atoms. The van der Waals surface area contributed by atoms with Gasteiger partial charge in [-0.2, -0.15) is 0 Å². The van der Waals surface area contributed by atoms with E-state index < -0.39 is 0 Å². The van der Waals surface area contributed by atoms with Crippen molar-refractivity contribution in [1.82, 2.24) is 0 Å². The number of rotatable bonds is 3. The molecule has 0 saturated carbocycles. The monoisotopic (exact) mass is 176 g/mol. The van der Waals surface area contributed by atoms with E-state index in [1.807, 2.05) is 24.3 Å². The molecule has 0 saturated heterocycles. The summed E-state index contributed by atoms with van der Waals surface area (Å²) in [6.07, 6.45) is 2.45. The number of anilines is 1. The summed E-state index contributed by atoms with van der Waals surface area (Å²) in [5, 5.41) is 2.82. The van der Waals surface area contributed by atoms with Crippen molar-refractivity contribution < 1.29 is 4.79 Å². The molecule has 0 bridgehead atoms. The number of para-hydroxylation sites is 1. The summed E-state index contributed by atoms with van der Waals surface area (Å²) in [7, 11) is 0. The van der Waals surface area contributed by atoms with Crippen LogP contribution in [-0.4, -0.2) is 5.91 Å². The Labute approximate surface area is 79.0 Å². The number of benzene rings is 1. The first kappa shape index (κ1) is 9.78. The number of hydrogen-bond donors (Lipinski definition) is 1. The third-order valence-corrected chi connectivity index (χ3v) is 1.92. The van der Waals surface area contributed by atoms with E-state index in [0.29, 0.717) is 0 Å². The molecule has 0 aliphatic carbocycles. The van der Waals surface area contributed by atoms with Crippen molar-refractivity contribution in [2.45, 2.75) is 20.3 Å². The number of carbonyl (C=O) groups excluding carboxylic acids is 1. The molecule has 2 nitrogen and oxygen atoms in total. The molecule has 1 radical (unpaired) electrons. The maximum Gasteiger partial charge on any atom is 0.228 e. The molecule has 1 aromatic rings. The highest BCUT2D eigenvalue weighted by atomic mass is 16.1. The van der Waals surface area contributed by atoms with Gasteiger partial charge in [0.2, 0.25) is 5.91 Å². The van der Waals surface area contributed by atoms with Gasteiger partial charge in [0.1, 0.15) is 0 Å². The second-order valence-corrected chi connectivity index (χ2v) is 2.79. The minimum atomic E-state index is -0.0547. The van der Waals surface area contributed by atoms with Gasteiger partial charge in [0, 0.05) is 12.1 Å². The van der Waals surface area contributed by atoms with Crippen molar-refractivity contribution in [3.8, 4) is 0 Å². The lowest BCUT2D eigenvalue weighted by atomic mass is 10.1. The molecule has 0 fully saturated rings. The summed E-state index contributed by atoms with van der Waals surface area (Å²) >= 11 is 0. The Hall–Kier alpha value is -1.31. The van der Waals surface area contributed by atoms with Crippen LogP contribution in [0.25, 0.3) is 0 Å². The third-order valence-electron chi connectivity index (χ3n) is 1.92. The molecule has 0 unspecified atom stereocenters. The number of aryl methyl sites for hydroxylation is 1. The molecule has 1 amide bonds. The lowest BCUT2D eigenvalue weighted by Gasteiger charge is -2.07. The molecule has 0 heterocycles. The highest BCUT2D eigenvalue weighted by Gasteiger charge is 2.02. The van der Waals surface area contributed by atoms with E-state index in [9.17, 15) is 4.79 Å². The van der Waals surface area contributed by atoms with Gasteiger partial charge >= 0.3 is 0 Å². The van der Waals surface area contributed by atoms with Gasteiger partial charge in [-0.05, 0) is 18.1 Å². The molecule has 13 heavy (non-hydrogen) atoms. The highest BCUT2D eigenvalue weighted by molar-refractivity contribution is 5.97. The van der Waals surface area contributed by atoms with E-state index in [2.05, 4.69) is 12.2 Å². The zero-order valence-corrected chi connectivity index (χ0v) is 8.00. The Bertz CT molecular complexity index is 294. The van der Waals surface area contributed by atoms with Gasteiger partial charge in [-0.25, -0.2) is 0 Å². The number of amides is 1. The number of nitrogens with one attached hydrogen (secondary N) is 1. The summed E-state index contributed by atoms with van der Waals surface area (Å²) in [5.41, 5.74) is 2.07. The summed E-state index contributed by atoms with van der Waals surface area (Å²) in [4.78, 5) is 11.1. The lowest BCUT2D eigenvalue weighted by molar-refractivity contribution is -0.113. The smallest absolute Gasteiger partial charge is 0.228 e. The summed E-state index contributed by atoms with van der Waals surface area (Å²) < 4.78 is 0. The summed E-state index contributed by atoms with van der Waals surface area (Å²) in [5.74, 6) is -0.0547. The van der Waals surface area contributed by atoms with Crippen molar-refractivity contribution in [1.29, 1.82) is 0 Å². The Morgan fingerprint density at radius 1 is 1.46 bits per heavy atom. The second kappa shape index (κ2) is 4.65. The molecule has 1 rings (SSSR count). The summed E-state index contributed by atoms with van der Waals surface area (Å²) in [6.45, 7) is 3.80. The molecular weight excluding hydrogens is 162 g/mol. The van der Waals surface area contributed by atoms with Crippen LogP contribution in [0, 0.1) is 6.42 Å². The molecule has 2 heteroatoms. The van der Waals surface area contributed by atoms with Gasteiger partial charge < -0.3 is 5.32 Å². The average Bonchev–Trinajstić information content (AvgIpc) is 2.18. The Kier molecular flexibility index (Phi) is 3.50. The minimum absolute atomic E-state index is 0.0547. The van der Waals surface area contributed by atoms with Gasteiger partial charge in [-0.3, -0.25) is 4.79 Å². The first-order chi connectivity index (χ1) is 6.27. The first-order valence-corrected chi connectivity index (χ1v) is 4.46. The maximum atomic E-state index is 11.1. The van der Waals surface area contributed by atoms with Crippen molar-refractivity contribution in [3.63, 3.8) is 0 Å². The Morgan fingerprint density at radius 2 is 2.15 bits per heavy atom. The average molecular weight is 176 g/mol. The van der Waals surface area contributed by atoms with Crippen molar-refractivity contribution >= 4 is 11.6 Å². The first-order valence-electron chi connectivity index (χ1n) is 4.46. The number of hydrogen-bond acceptors (Lipinski definition) is 1. The fraction of sp³-hybridized carbons (Fsp3) is 0.273. The van der Waals surface area contributed by atoms with E-state index >= 15 is 0 Å². The molecule has 1 aromatic carbocycles. The third kappa shape index (κ3) is 2.58. The van der Waals surface area contributed by atoms with Crippen molar-refractivity contribution in [3.05, 3.63) is 36.2 Å². The minimum Gasteiger partial charge on any atom is -0.326 e. The standard InChI is InChI=1S/C11H14NO/c1-3-9-7-5-6-8-10(9)12-11(13)4-2/h4-8H,3H2,1-2H3,(H,12,13). The van der Waals surface area contributed by atoms with Crippen molar-refractivity contribution in [2.75, 3.05) is 5.32 Å².